The van der Waals surface area contributed by atoms with Crippen LogP contribution in [0.25, 0.3) is 10.2 Å². The van der Waals surface area contributed by atoms with Crippen LogP contribution >= 0.6 is 34.4 Å². The second kappa shape index (κ2) is 8.52. The maximum Gasteiger partial charge on any atom is 0.263 e. The van der Waals surface area contributed by atoms with Gasteiger partial charge in [-0.2, -0.15) is 0 Å². The number of aryl methyl sites for hydroxylation is 1. The predicted octanol–water partition coefficient (Wildman–Crippen LogP) is 3.49. The summed E-state index contributed by atoms with van der Waals surface area (Å²) in [7, 11) is 0. The van der Waals surface area contributed by atoms with E-state index in [2.05, 4.69) is 12.2 Å². The first kappa shape index (κ1) is 21.1. The molecule has 1 aliphatic rings. The highest BCUT2D eigenvalue weighted by atomic mass is 32.2. The molecule has 0 aromatic carbocycles. The Bertz CT molecular complexity index is 1190. The number of hydrogen-bond donors (Lipinski definition) is 2. The highest BCUT2D eigenvalue weighted by molar-refractivity contribution is 7.99. The summed E-state index contributed by atoms with van der Waals surface area (Å²) in [6, 6.07) is 1.58. The van der Waals surface area contributed by atoms with Crippen molar-refractivity contribution in [2.75, 3.05) is 11.1 Å². The molecule has 0 bridgehead atoms. The van der Waals surface area contributed by atoms with Crippen LogP contribution in [0.3, 0.4) is 0 Å². The molecule has 2 amide bonds. The zero-order valence-corrected chi connectivity index (χ0v) is 19.1. The Morgan fingerprint density at radius 3 is 2.97 bits per heavy atom. The van der Waals surface area contributed by atoms with E-state index < -0.39 is 5.91 Å². The van der Waals surface area contributed by atoms with Crippen LogP contribution in [0, 0.1) is 5.92 Å². The van der Waals surface area contributed by atoms with Crippen molar-refractivity contribution in [3.8, 4) is 0 Å². The van der Waals surface area contributed by atoms with Gasteiger partial charge in [0.15, 0.2) is 5.16 Å². The van der Waals surface area contributed by atoms with Crippen LogP contribution in [0.1, 0.15) is 41.1 Å². The van der Waals surface area contributed by atoms with Gasteiger partial charge in [0.05, 0.1) is 16.7 Å². The quantitative estimate of drug-likeness (QED) is 0.431. The van der Waals surface area contributed by atoms with E-state index in [9.17, 15) is 14.4 Å². The molecule has 3 N–H and O–H groups in total. The number of fused-ring (bicyclic) bond motifs is 3. The minimum atomic E-state index is -0.581. The molecule has 7 nitrogen and oxygen atoms in total. The molecule has 3 aromatic heterocycles. The normalized spacial score (nSPS) is 15.9. The molecule has 30 heavy (non-hydrogen) atoms. The van der Waals surface area contributed by atoms with Gasteiger partial charge in [-0.1, -0.05) is 18.7 Å². The Morgan fingerprint density at radius 2 is 2.23 bits per heavy atom. The largest absolute Gasteiger partial charge is 0.366 e. The van der Waals surface area contributed by atoms with Crippen molar-refractivity contribution in [1.82, 2.24) is 9.55 Å². The Hall–Kier alpha value is -2.17. The third-order valence-electron chi connectivity index (χ3n) is 5.21. The molecular weight excluding hydrogens is 440 g/mol. The molecule has 0 spiro atoms. The molecule has 3 aromatic rings. The Balaban J connectivity index is 1.58. The summed E-state index contributed by atoms with van der Waals surface area (Å²) < 4.78 is 1.64. The molecule has 1 aliphatic carbocycles. The van der Waals surface area contributed by atoms with E-state index in [1.165, 1.54) is 33.5 Å². The summed E-state index contributed by atoms with van der Waals surface area (Å²) in [5.41, 5.74) is 6.76. The molecule has 158 valence electrons. The molecule has 10 heteroatoms. The average molecular weight is 463 g/mol. The first-order valence-electron chi connectivity index (χ1n) is 9.74. The maximum atomic E-state index is 13.2. The van der Waals surface area contributed by atoms with Crippen molar-refractivity contribution in [3.63, 3.8) is 0 Å². The van der Waals surface area contributed by atoms with Gasteiger partial charge in [0.2, 0.25) is 5.91 Å². The maximum absolute atomic E-state index is 13.2. The number of rotatable bonds is 6. The SMILES string of the molecule is CCn1c(SCC(=O)Nc2sccc2C(N)=O)nc2sc3c(c2c1=O)CCC(C)C3. The lowest BCUT2D eigenvalue weighted by Gasteiger charge is -2.17. The van der Waals surface area contributed by atoms with Crippen molar-refractivity contribution in [1.29, 1.82) is 0 Å². The van der Waals surface area contributed by atoms with E-state index >= 15 is 0 Å². The van der Waals surface area contributed by atoms with Crippen molar-refractivity contribution >= 4 is 61.5 Å². The van der Waals surface area contributed by atoms with Crippen LogP contribution in [0.15, 0.2) is 21.4 Å². The number of anilines is 1. The van der Waals surface area contributed by atoms with E-state index in [0.717, 1.165) is 29.5 Å². The number of carbonyl (C=O) groups is 2. The summed E-state index contributed by atoms with van der Waals surface area (Å²) in [4.78, 5) is 43.8. The van der Waals surface area contributed by atoms with E-state index in [1.807, 2.05) is 6.92 Å². The number of carbonyl (C=O) groups excluding carboxylic acids is 2. The minimum Gasteiger partial charge on any atom is -0.366 e. The molecule has 1 unspecified atom stereocenters. The topological polar surface area (TPSA) is 107 Å². The lowest BCUT2D eigenvalue weighted by atomic mass is 9.89. The number of nitrogens with one attached hydrogen (secondary N) is 1. The third-order valence-corrected chi connectivity index (χ3v) is 8.17. The number of primary amides is 1. The summed E-state index contributed by atoms with van der Waals surface area (Å²) in [5, 5.41) is 6.15. The Labute approximate surface area is 185 Å². The molecule has 0 saturated heterocycles. The van der Waals surface area contributed by atoms with Crippen LogP contribution in [0.2, 0.25) is 0 Å². The van der Waals surface area contributed by atoms with Crippen molar-refractivity contribution in [2.45, 2.75) is 44.8 Å². The minimum absolute atomic E-state index is 0.0215. The van der Waals surface area contributed by atoms with Gasteiger partial charge in [0.25, 0.3) is 11.5 Å². The molecule has 0 fully saturated rings. The van der Waals surface area contributed by atoms with Gasteiger partial charge >= 0.3 is 0 Å². The fourth-order valence-corrected chi connectivity index (χ4v) is 6.78. The molecule has 1 atom stereocenters. The first-order valence-corrected chi connectivity index (χ1v) is 12.4. The second-order valence-corrected chi connectivity index (χ2v) is 10.3. The van der Waals surface area contributed by atoms with Gasteiger partial charge in [-0.15, -0.1) is 22.7 Å². The number of thioether (sulfide) groups is 1. The summed E-state index contributed by atoms with van der Waals surface area (Å²) >= 11 is 4.08. The highest BCUT2D eigenvalue weighted by Crippen LogP contribution is 2.36. The smallest absolute Gasteiger partial charge is 0.263 e. The highest BCUT2D eigenvalue weighted by Gasteiger charge is 2.24. The molecule has 3 heterocycles. The monoisotopic (exact) mass is 462 g/mol. The van der Waals surface area contributed by atoms with Gasteiger partial charge in [0, 0.05) is 11.4 Å². The lowest BCUT2D eigenvalue weighted by Crippen LogP contribution is -2.24. The van der Waals surface area contributed by atoms with E-state index in [1.54, 1.807) is 27.4 Å². The standard InChI is InChI=1S/C20H22N4O3S3/c1-3-24-19(27)15-11-5-4-10(2)8-13(11)30-18(15)23-20(24)29-9-14(25)22-17-12(16(21)26)6-7-28-17/h6-7,10H,3-5,8-9H2,1-2H3,(H2,21,26)(H,22,25). The molecule has 0 saturated carbocycles. The van der Waals surface area contributed by atoms with Crippen molar-refractivity contribution in [2.24, 2.45) is 11.7 Å². The first-order chi connectivity index (χ1) is 14.4. The van der Waals surface area contributed by atoms with Crippen LogP contribution in [0.4, 0.5) is 5.00 Å². The number of aromatic nitrogens is 2. The second-order valence-electron chi connectivity index (χ2n) is 7.34. The Kier molecular flexibility index (Phi) is 5.99. The zero-order chi connectivity index (χ0) is 21.4. The van der Waals surface area contributed by atoms with Gasteiger partial charge in [-0.05, 0) is 49.1 Å². The van der Waals surface area contributed by atoms with Gasteiger partial charge in [0.1, 0.15) is 9.83 Å². The van der Waals surface area contributed by atoms with Crippen LogP contribution in [-0.4, -0.2) is 27.1 Å². The van der Waals surface area contributed by atoms with Gasteiger partial charge < -0.3 is 11.1 Å². The van der Waals surface area contributed by atoms with E-state index in [4.69, 9.17) is 10.7 Å². The fourth-order valence-electron chi connectivity index (χ4n) is 3.69. The van der Waals surface area contributed by atoms with Gasteiger partial charge in [-0.3, -0.25) is 19.0 Å². The van der Waals surface area contributed by atoms with Crippen LogP contribution in [-0.2, 0) is 24.2 Å². The Morgan fingerprint density at radius 1 is 1.43 bits per heavy atom. The van der Waals surface area contributed by atoms with Crippen molar-refractivity contribution < 1.29 is 9.59 Å². The van der Waals surface area contributed by atoms with E-state index in [0.29, 0.717) is 28.2 Å². The zero-order valence-electron chi connectivity index (χ0n) is 16.7. The fraction of sp³-hybridized carbons (Fsp3) is 0.400. The molecule has 0 radical (unpaired) electrons. The lowest BCUT2D eigenvalue weighted by molar-refractivity contribution is -0.113. The predicted molar refractivity (Wildman–Crippen MR) is 123 cm³/mol. The molecular formula is C20H22N4O3S3. The summed E-state index contributed by atoms with van der Waals surface area (Å²) in [5.74, 6) is -0.154. The van der Waals surface area contributed by atoms with Crippen LogP contribution < -0.4 is 16.6 Å². The number of nitrogens with two attached hydrogens (primary N) is 1. The number of amides is 2. The van der Waals surface area contributed by atoms with Crippen LogP contribution in [0.5, 0.6) is 0 Å². The molecule has 4 rings (SSSR count). The van der Waals surface area contributed by atoms with E-state index in [-0.39, 0.29) is 17.2 Å². The molecule has 0 aliphatic heterocycles. The number of thiophene rings is 2. The number of hydrogen-bond acceptors (Lipinski definition) is 7. The van der Waals surface area contributed by atoms with Crippen molar-refractivity contribution in [3.05, 3.63) is 37.8 Å². The summed E-state index contributed by atoms with van der Waals surface area (Å²) in [6.45, 7) is 4.64. The third kappa shape index (κ3) is 3.91. The average Bonchev–Trinajstić information content (AvgIpc) is 3.30. The number of nitrogens with zero attached hydrogens (tertiary/aromatic N) is 2. The van der Waals surface area contributed by atoms with Gasteiger partial charge in [-0.25, -0.2) is 4.98 Å². The summed E-state index contributed by atoms with van der Waals surface area (Å²) in [6.07, 6.45) is 3.02.